The van der Waals surface area contributed by atoms with E-state index in [2.05, 4.69) is 11.2 Å². The fraction of sp³-hybridized carbons (Fsp3) is 0.714. The van der Waals surface area contributed by atoms with E-state index in [4.69, 9.17) is 6.42 Å². The predicted octanol–water partition coefficient (Wildman–Crippen LogP) is 0.915. The van der Waals surface area contributed by atoms with Crippen molar-refractivity contribution in [3.63, 3.8) is 0 Å². The molecule has 0 radical (unpaired) electrons. The van der Waals surface area contributed by atoms with E-state index in [-0.39, 0.29) is 17.9 Å². The maximum absolute atomic E-state index is 12.6. The molecule has 18 heavy (non-hydrogen) atoms. The van der Waals surface area contributed by atoms with Crippen LogP contribution in [0.3, 0.4) is 0 Å². The summed E-state index contributed by atoms with van der Waals surface area (Å²) in [6, 6.07) is -0.363. The summed E-state index contributed by atoms with van der Waals surface area (Å²) in [5.41, 5.74) is -0.711. The SMILES string of the molecule is C#CCCN1C(=O)C(C)(C2CC2)NC(=O)C1CC. The van der Waals surface area contributed by atoms with Crippen LogP contribution in [0.2, 0.25) is 0 Å². The topological polar surface area (TPSA) is 49.4 Å². The third-order valence-corrected chi connectivity index (χ3v) is 4.04. The Balaban J connectivity index is 2.23. The Hall–Kier alpha value is -1.50. The summed E-state index contributed by atoms with van der Waals surface area (Å²) in [6.07, 6.45) is 8.42. The van der Waals surface area contributed by atoms with Crippen molar-refractivity contribution in [2.24, 2.45) is 5.92 Å². The average molecular weight is 248 g/mol. The number of rotatable bonds is 4. The second-order valence-corrected chi connectivity index (χ2v) is 5.34. The van der Waals surface area contributed by atoms with Crippen molar-refractivity contribution in [3.05, 3.63) is 0 Å². The van der Waals surface area contributed by atoms with Gasteiger partial charge in [0.2, 0.25) is 11.8 Å². The molecule has 1 aliphatic heterocycles. The van der Waals surface area contributed by atoms with Gasteiger partial charge in [-0.05, 0) is 32.1 Å². The summed E-state index contributed by atoms with van der Waals surface area (Å²) in [7, 11) is 0. The summed E-state index contributed by atoms with van der Waals surface area (Å²) in [4.78, 5) is 26.4. The van der Waals surface area contributed by atoms with Gasteiger partial charge in [0.1, 0.15) is 11.6 Å². The first-order valence-corrected chi connectivity index (χ1v) is 6.61. The van der Waals surface area contributed by atoms with Crippen LogP contribution in [-0.4, -0.2) is 34.8 Å². The third-order valence-electron chi connectivity index (χ3n) is 4.04. The number of hydrogen-bond acceptors (Lipinski definition) is 2. The highest BCUT2D eigenvalue weighted by atomic mass is 16.2. The van der Waals surface area contributed by atoms with Crippen LogP contribution in [0.5, 0.6) is 0 Å². The zero-order valence-corrected chi connectivity index (χ0v) is 11.0. The monoisotopic (exact) mass is 248 g/mol. The van der Waals surface area contributed by atoms with E-state index in [1.165, 1.54) is 0 Å². The maximum atomic E-state index is 12.6. The number of carbonyl (C=O) groups is 2. The molecular formula is C14H20N2O2. The van der Waals surface area contributed by atoms with Crippen molar-refractivity contribution in [1.82, 2.24) is 10.2 Å². The van der Waals surface area contributed by atoms with Crippen LogP contribution >= 0.6 is 0 Å². The van der Waals surface area contributed by atoms with Gasteiger partial charge in [-0.25, -0.2) is 0 Å². The van der Waals surface area contributed by atoms with E-state index < -0.39 is 5.54 Å². The van der Waals surface area contributed by atoms with Gasteiger partial charge in [-0.3, -0.25) is 9.59 Å². The lowest BCUT2D eigenvalue weighted by Crippen LogP contribution is -2.70. The molecule has 0 aromatic rings. The number of piperazine rings is 1. The summed E-state index contributed by atoms with van der Waals surface area (Å²) in [5, 5.41) is 2.93. The van der Waals surface area contributed by atoms with Crippen molar-refractivity contribution in [3.8, 4) is 12.3 Å². The molecule has 1 saturated heterocycles. The van der Waals surface area contributed by atoms with Crippen LogP contribution < -0.4 is 5.32 Å². The van der Waals surface area contributed by atoms with Crippen LogP contribution in [0.25, 0.3) is 0 Å². The molecule has 1 heterocycles. The van der Waals surface area contributed by atoms with Crippen molar-refractivity contribution < 1.29 is 9.59 Å². The van der Waals surface area contributed by atoms with Gasteiger partial charge in [-0.15, -0.1) is 12.3 Å². The molecule has 2 fully saturated rings. The molecule has 98 valence electrons. The minimum atomic E-state index is -0.711. The van der Waals surface area contributed by atoms with Gasteiger partial charge in [0.15, 0.2) is 0 Å². The van der Waals surface area contributed by atoms with Gasteiger partial charge in [0, 0.05) is 13.0 Å². The highest BCUT2D eigenvalue weighted by Crippen LogP contribution is 2.42. The number of hydrogen-bond donors (Lipinski definition) is 1. The lowest BCUT2D eigenvalue weighted by molar-refractivity contribution is -0.155. The van der Waals surface area contributed by atoms with Crippen LogP contribution in [-0.2, 0) is 9.59 Å². The molecule has 0 aromatic heterocycles. The molecule has 0 bridgehead atoms. The quantitative estimate of drug-likeness (QED) is 0.752. The standard InChI is InChI=1S/C14H20N2O2/c1-4-6-9-16-11(5-2)12(17)15-14(3,13(16)18)10-7-8-10/h1,10-11H,5-9H2,2-3H3,(H,15,17). The number of nitrogens with zero attached hydrogens (tertiary/aromatic N) is 1. The molecule has 1 N–H and O–H groups in total. The Labute approximate surface area is 108 Å². The van der Waals surface area contributed by atoms with Crippen LogP contribution in [0, 0.1) is 18.3 Å². The lowest BCUT2D eigenvalue weighted by atomic mass is 9.88. The van der Waals surface area contributed by atoms with Crippen molar-refractivity contribution in [2.75, 3.05) is 6.54 Å². The average Bonchev–Trinajstić information content (AvgIpc) is 3.16. The third kappa shape index (κ3) is 1.98. The number of amides is 2. The van der Waals surface area contributed by atoms with Gasteiger partial charge in [-0.1, -0.05) is 6.92 Å². The predicted molar refractivity (Wildman–Crippen MR) is 68.5 cm³/mol. The molecule has 2 aliphatic rings. The highest BCUT2D eigenvalue weighted by molar-refractivity contribution is 6.00. The Morgan fingerprint density at radius 2 is 2.17 bits per heavy atom. The Morgan fingerprint density at radius 1 is 1.50 bits per heavy atom. The zero-order valence-electron chi connectivity index (χ0n) is 11.0. The highest BCUT2D eigenvalue weighted by Gasteiger charge is 2.54. The maximum Gasteiger partial charge on any atom is 0.249 e. The van der Waals surface area contributed by atoms with Gasteiger partial charge >= 0.3 is 0 Å². The second kappa shape index (κ2) is 4.64. The first kappa shape index (κ1) is 12.9. The summed E-state index contributed by atoms with van der Waals surface area (Å²) >= 11 is 0. The Morgan fingerprint density at radius 3 is 2.67 bits per heavy atom. The summed E-state index contributed by atoms with van der Waals surface area (Å²) in [6.45, 7) is 4.24. The first-order chi connectivity index (χ1) is 8.54. The number of terminal acetylenes is 1. The van der Waals surface area contributed by atoms with Gasteiger partial charge in [0.25, 0.3) is 0 Å². The molecular weight excluding hydrogens is 228 g/mol. The molecule has 0 aromatic carbocycles. The van der Waals surface area contributed by atoms with Crippen LogP contribution in [0.1, 0.15) is 39.5 Å². The molecule has 2 unspecified atom stereocenters. The van der Waals surface area contributed by atoms with Crippen LogP contribution in [0.15, 0.2) is 0 Å². The lowest BCUT2D eigenvalue weighted by Gasteiger charge is -2.44. The Kier molecular flexibility index (Phi) is 3.34. The number of nitrogens with one attached hydrogen (secondary N) is 1. The summed E-state index contributed by atoms with van der Waals surface area (Å²) < 4.78 is 0. The van der Waals surface area contributed by atoms with Gasteiger partial charge in [0.05, 0.1) is 0 Å². The van der Waals surface area contributed by atoms with E-state index in [1.807, 2.05) is 13.8 Å². The zero-order chi connectivity index (χ0) is 13.3. The van der Waals surface area contributed by atoms with Gasteiger partial charge in [-0.2, -0.15) is 0 Å². The molecule has 1 aliphatic carbocycles. The van der Waals surface area contributed by atoms with Crippen molar-refractivity contribution >= 4 is 11.8 Å². The van der Waals surface area contributed by atoms with Crippen LogP contribution in [0.4, 0.5) is 0 Å². The fourth-order valence-electron chi connectivity index (χ4n) is 2.76. The number of carbonyl (C=O) groups excluding carboxylic acids is 2. The largest absolute Gasteiger partial charge is 0.340 e. The smallest absolute Gasteiger partial charge is 0.249 e. The molecule has 2 amide bonds. The van der Waals surface area contributed by atoms with E-state index in [9.17, 15) is 9.59 Å². The van der Waals surface area contributed by atoms with E-state index >= 15 is 0 Å². The first-order valence-electron chi connectivity index (χ1n) is 6.61. The summed E-state index contributed by atoms with van der Waals surface area (Å²) in [5.74, 6) is 2.83. The van der Waals surface area contributed by atoms with Crippen molar-refractivity contribution in [1.29, 1.82) is 0 Å². The minimum absolute atomic E-state index is 0.0340. The second-order valence-electron chi connectivity index (χ2n) is 5.34. The molecule has 2 rings (SSSR count). The Bertz CT molecular complexity index is 409. The molecule has 4 nitrogen and oxygen atoms in total. The minimum Gasteiger partial charge on any atom is -0.340 e. The molecule has 2 atom stereocenters. The molecule has 0 spiro atoms. The van der Waals surface area contributed by atoms with E-state index in [0.29, 0.717) is 25.3 Å². The van der Waals surface area contributed by atoms with E-state index in [0.717, 1.165) is 12.8 Å². The molecule has 1 saturated carbocycles. The van der Waals surface area contributed by atoms with E-state index in [1.54, 1.807) is 4.90 Å². The van der Waals surface area contributed by atoms with Crippen molar-refractivity contribution in [2.45, 2.75) is 51.1 Å². The fourth-order valence-corrected chi connectivity index (χ4v) is 2.76. The van der Waals surface area contributed by atoms with Gasteiger partial charge < -0.3 is 10.2 Å². The normalized spacial score (nSPS) is 32.1. The molecule has 4 heteroatoms.